The molecule has 0 heterocycles. The second kappa shape index (κ2) is 6.43. The summed E-state index contributed by atoms with van der Waals surface area (Å²) < 4.78 is 18.5. The lowest BCUT2D eigenvalue weighted by Gasteiger charge is -2.39. The van der Waals surface area contributed by atoms with Crippen molar-refractivity contribution in [3.63, 3.8) is 0 Å². The average Bonchev–Trinajstić information content (AvgIpc) is 2.36. The summed E-state index contributed by atoms with van der Waals surface area (Å²) in [7, 11) is 1.71. The Morgan fingerprint density at radius 2 is 1.95 bits per heavy atom. The van der Waals surface area contributed by atoms with Crippen LogP contribution >= 0.6 is 0 Å². The fraction of sp³-hybridized carbons (Fsp3) is 0.562. The maximum absolute atomic E-state index is 13.0. The lowest BCUT2D eigenvalue weighted by atomic mass is 9.74. The molecule has 1 rings (SSSR count). The van der Waals surface area contributed by atoms with Gasteiger partial charge in [-0.15, -0.1) is 0 Å². The van der Waals surface area contributed by atoms with E-state index in [-0.39, 0.29) is 11.7 Å². The number of hydrogen-bond acceptors (Lipinski definition) is 3. The first-order chi connectivity index (χ1) is 9.55. The third kappa shape index (κ3) is 4.43. The molecule has 0 saturated carbocycles. The molecule has 0 aliphatic rings. The van der Waals surface area contributed by atoms with Crippen LogP contribution in [0.3, 0.4) is 0 Å². The zero-order valence-electron chi connectivity index (χ0n) is 13.4. The number of halogens is 1. The smallest absolute Gasteiger partial charge is 0.229 e. The van der Waals surface area contributed by atoms with Gasteiger partial charge in [0.2, 0.25) is 5.91 Å². The van der Waals surface area contributed by atoms with Gasteiger partial charge in [-0.3, -0.25) is 4.79 Å². The molecule has 118 valence electrons. The summed E-state index contributed by atoms with van der Waals surface area (Å²) in [6, 6.07) is 5.93. The van der Waals surface area contributed by atoms with Crippen molar-refractivity contribution < 1.29 is 13.9 Å². The van der Waals surface area contributed by atoms with E-state index >= 15 is 0 Å². The Kier molecular flexibility index (Phi) is 5.34. The van der Waals surface area contributed by atoms with Gasteiger partial charge in [-0.25, -0.2) is 4.39 Å². The molecule has 1 aromatic carbocycles. The molecule has 0 fully saturated rings. The van der Waals surface area contributed by atoms with Gasteiger partial charge in [-0.1, -0.05) is 6.07 Å². The molecule has 0 saturated heterocycles. The van der Waals surface area contributed by atoms with E-state index in [9.17, 15) is 9.18 Å². The van der Waals surface area contributed by atoms with Crippen LogP contribution in [0.2, 0.25) is 0 Å². The molecular formula is C16H25FN2O2. The highest BCUT2D eigenvalue weighted by atomic mass is 19.1. The lowest BCUT2D eigenvalue weighted by molar-refractivity contribution is -0.142. The molecule has 1 amide bonds. The van der Waals surface area contributed by atoms with Gasteiger partial charge >= 0.3 is 0 Å². The zero-order valence-corrected chi connectivity index (χ0v) is 13.4. The molecular weight excluding hydrogens is 271 g/mol. The topological polar surface area (TPSA) is 55.6 Å². The first kappa shape index (κ1) is 17.4. The van der Waals surface area contributed by atoms with Crippen molar-refractivity contribution in [3.05, 3.63) is 30.1 Å². The van der Waals surface area contributed by atoms with E-state index < -0.39 is 11.0 Å². The van der Waals surface area contributed by atoms with Crippen LogP contribution in [0.15, 0.2) is 24.3 Å². The van der Waals surface area contributed by atoms with Gasteiger partial charge in [0.1, 0.15) is 18.2 Å². The highest BCUT2D eigenvalue weighted by molar-refractivity contribution is 5.83. The minimum atomic E-state index is -0.680. The predicted octanol–water partition coefficient (Wildman–Crippen LogP) is 2.43. The third-order valence-electron chi connectivity index (χ3n) is 3.98. The number of likely N-dealkylation sites (N-methyl/N-ethyl adjacent to an activating group) is 1. The van der Waals surface area contributed by atoms with Gasteiger partial charge in [0.05, 0.1) is 12.0 Å². The number of ether oxygens (including phenoxy) is 1. The minimum absolute atomic E-state index is 0.0437. The van der Waals surface area contributed by atoms with Crippen LogP contribution in [0.5, 0.6) is 5.75 Å². The molecule has 0 unspecified atom stereocenters. The summed E-state index contributed by atoms with van der Waals surface area (Å²) in [5.74, 6) is 0.0649. The lowest BCUT2D eigenvalue weighted by Crippen LogP contribution is -2.56. The van der Waals surface area contributed by atoms with E-state index in [0.717, 1.165) is 0 Å². The Bertz CT molecular complexity index is 495. The van der Waals surface area contributed by atoms with Crippen molar-refractivity contribution in [2.24, 2.45) is 11.1 Å². The van der Waals surface area contributed by atoms with Gasteiger partial charge < -0.3 is 15.4 Å². The quantitative estimate of drug-likeness (QED) is 0.877. The summed E-state index contributed by atoms with van der Waals surface area (Å²) in [5, 5.41) is 0. The van der Waals surface area contributed by atoms with E-state index in [1.807, 2.05) is 27.7 Å². The number of hydrogen-bond donors (Lipinski definition) is 1. The molecule has 2 N–H and O–H groups in total. The Labute approximate surface area is 126 Å². The first-order valence-corrected chi connectivity index (χ1v) is 6.98. The first-order valence-electron chi connectivity index (χ1n) is 6.98. The number of nitrogens with two attached hydrogens (primary N) is 1. The SMILES string of the molecule is CN(CCOc1cccc(F)c1)C(=O)C(C)(C)C(C)(C)N. The molecule has 0 atom stereocenters. The maximum atomic E-state index is 13.0. The van der Waals surface area contributed by atoms with Gasteiger partial charge in [0, 0.05) is 18.7 Å². The number of amides is 1. The Morgan fingerprint density at radius 1 is 1.33 bits per heavy atom. The molecule has 0 spiro atoms. The normalized spacial score (nSPS) is 12.1. The van der Waals surface area contributed by atoms with Gasteiger partial charge in [0.25, 0.3) is 0 Å². The molecule has 21 heavy (non-hydrogen) atoms. The number of carbonyl (C=O) groups is 1. The van der Waals surface area contributed by atoms with Gasteiger partial charge in [-0.05, 0) is 39.8 Å². The standard InChI is InChI=1S/C16H25FN2O2/c1-15(2,16(3,4)18)14(20)19(5)9-10-21-13-8-6-7-12(17)11-13/h6-8,11H,9-10,18H2,1-5H3. The minimum Gasteiger partial charge on any atom is -0.492 e. The average molecular weight is 296 g/mol. The number of nitrogens with zero attached hydrogens (tertiary/aromatic N) is 1. The van der Waals surface area contributed by atoms with E-state index in [2.05, 4.69) is 0 Å². The van der Waals surface area contributed by atoms with Gasteiger partial charge in [0.15, 0.2) is 0 Å². The Morgan fingerprint density at radius 3 is 2.48 bits per heavy atom. The van der Waals surface area contributed by atoms with Crippen LogP contribution in [-0.2, 0) is 4.79 Å². The molecule has 4 nitrogen and oxygen atoms in total. The maximum Gasteiger partial charge on any atom is 0.229 e. The summed E-state index contributed by atoms with van der Waals surface area (Å²) in [6.45, 7) is 8.05. The largest absolute Gasteiger partial charge is 0.492 e. The van der Waals surface area contributed by atoms with Crippen molar-refractivity contribution in [1.82, 2.24) is 4.90 Å². The third-order valence-corrected chi connectivity index (χ3v) is 3.98. The van der Waals surface area contributed by atoms with Crippen molar-refractivity contribution in [3.8, 4) is 5.75 Å². The van der Waals surface area contributed by atoms with Crippen LogP contribution < -0.4 is 10.5 Å². The van der Waals surface area contributed by atoms with Crippen LogP contribution in [0.1, 0.15) is 27.7 Å². The summed E-state index contributed by atoms with van der Waals surface area (Å²) in [6.07, 6.45) is 0. The van der Waals surface area contributed by atoms with E-state index in [1.54, 1.807) is 24.1 Å². The fourth-order valence-electron chi connectivity index (χ4n) is 1.71. The molecule has 0 aliphatic carbocycles. The monoisotopic (exact) mass is 296 g/mol. The van der Waals surface area contributed by atoms with Crippen molar-refractivity contribution in [2.45, 2.75) is 33.2 Å². The van der Waals surface area contributed by atoms with Gasteiger partial charge in [-0.2, -0.15) is 0 Å². The zero-order chi connectivity index (χ0) is 16.3. The Hall–Kier alpha value is -1.62. The fourth-order valence-corrected chi connectivity index (χ4v) is 1.71. The Balaban J connectivity index is 2.54. The molecule has 0 bridgehead atoms. The highest BCUT2D eigenvalue weighted by Gasteiger charge is 2.41. The van der Waals surface area contributed by atoms with E-state index in [4.69, 9.17) is 10.5 Å². The summed E-state index contributed by atoms with van der Waals surface area (Å²) in [5.41, 5.74) is 4.76. The highest BCUT2D eigenvalue weighted by Crippen LogP contribution is 2.30. The molecule has 1 aromatic rings. The van der Waals surface area contributed by atoms with E-state index in [0.29, 0.717) is 18.9 Å². The molecule has 0 aliphatic heterocycles. The second-order valence-electron chi connectivity index (χ2n) is 6.38. The molecule has 5 heteroatoms. The molecule has 0 radical (unpaired) electrons. The van der Waals surface area contributed by atoms with Crippen molar-refractivity contribution >= 4 is 5.91 Å². The summed E-state index contributed by atoms with van der Waals surface area (Å²) >= 11 is 0. The van der Waals surface area contributed by atoms with Crippen LogP contribution in [0, 0.1) is 11.2 Å². The molecule has 0 aromatic heterocycles. The van der Waals surface area contributed by atoms with E-state index in [1.165, 1.54) is 12.1 Å². The van der Waals surface area contributed by atoms with Crippen LogP contribution in [0.25, 0.3) is 0 Å². The number of carbonyl (C=O) groups excluding carboxylic acids is 1. The second-order valence-corrected chi connectivity index (χ2v) is 6.38. The summed E-state index contributed by atoms with van der Waals surface area (Å²) in [4.78, 5) is 14.0. The predicted molar refractivity (Wildman–Crippen MR) is 81.6 cm³/mol. The number of rotatable bonds is 6. The van der Waals surface area contributed by atoms with Crippen LogP contribution in [0.4, 0.5) is 4.39 Å². The van der Waals surface area contributed by atoms with Crippen molar-refractivity contribution in [1.29, 1.82) is 0 Å². The van der Waals surface area contributed by atoms with Crippen LogP contribution in [-0.4, -0.2) is 36.5 Å². The number of benzene rings is 1. The van der Waals surface area contributed by atoms with Crippen molar-refractivity contribution in [2.75, 3.05) is 20.2 Å².